The standard InChI is InChI=1S/C19H22N2O3/c1-4-21(3)19(23)16-7-5-14(6-8-16)15-9-11-17(12-10-15)24-13(2)18(20)22/h5-13H,4H2,1-3H3,(H2,20,22)/t13-/m1/s1. The van der Waals surface area contributed by atoms with Gasteiger partial charge in [-0.15, -0.1) is 0 Å². The van der Waals surface area contributed by atoms with Crippen LogP contribution in [-0.4, -0.2) is 36.4 Å². The molecule has 0 aliphatic heterocycles. The van der Waals surface area contributed by atoms with Gasteiger partial charge in [0, 0.05) is 19.2 Å². The van der Waals surface area contributed by atoms with Crippen molar-refractivity contribution in [3.63, 3.8) is 0 Å². The lowest BCUT2D eigenvalue weighted by Gasteiger charge is -2.14. The van der Waals surface area contributed by atoms with E-state index in [4.69, 9.17) is 10.5 Å². The summed E-state index contributed by atoms with van der Waals surface area (Å²) in [6, 6.07) is 14.9. The van der Waals surface area contributed by atoms with Crippen molar-refractivity contribution in [2.75, 3.05) is 13.6 Å². The van der Waals surface area contributed by atoms with Gasteiger partial charge in [-0.3, -0.25) is 9.59 Å². The van der Waals surface area contributed by atoms with Gasteiger partial charge in [-0.2, -0.15) is 0 Å². The molecule has 0 radical (unpaired) electrons. The number of primary amides is 1. The fourth-order valence-electron chi connectivity index (χ4n) is 2.16. The summed E-state index contributed by atoms with van der Waals surface area (Å²) >= 11 is 0. The number of rotatable bonds is 6. The van der Waals surface area contributed by atoms with Crippen LogP contribution in [0.25, 0.3) is 11.1 Å². The third-order valence-electron chi connectivity index (χ3n) is 3.85. The summed E-state index contributed by atoms with van der Waals surface area (Å²) in [4.78, 5) is 24.8. The Bertz CT molecular complexity index is 708. The van der Waals surface area contributed by atoms with Gasteiger partial charge in [-0.1, -0.05) is 24.3 Å². The monoisotopic (exact) mass is 326 g/mol. The molecular formula is C19H22N2O3. The number of nitrogens with zero attached hydrogens (tertiary/aromatic N) is 1. The van der Waals surface area contributed by atoms with Crippen molar-refractivity contribution < 1.29 is 14.3 Å². The Labute approximate surface area is 142 Å². The molecule has 1 atom stereocenters. The third kappa shape index (κ3) is 4.13. The lowest BCUT2D eigenvalue weighted by atomic mass is 10.0. The quantitative estimate of drug-likeness (QED) is 0.887. The fraction of sp³-hybridized carbons (Fsp3) is 0.263. The van der Waals surface area contributed by atoms with E-state index in [1.54, 1.807) is 31.0 Å². The molecule has 5 heteroatoms. The van der Waals surface area contributed by atoms with Crippen molar-refractivity contribution in [2.24, 2.45) is 5.73 Å². The van der Waals surface area contributed by atoms with E-state index in [1.165, 1.54) is 0 Å². The Morgan fingerprint density at radius 1 is 1.04 bits per heavy atom. The van der Waals surface area contributed by atoms with Gasteiger partial charge in [0.05, 0.1) is 0 Å². The molecule has 2 rings (SSSR count). The highest BCUT2D eigenvalue weighted by molar-refractivity contribution is 5.94. The summed E-state index contributed by atoms with van der Waals surface area (Å²) in [5, 5.41) is 0. The lowest BCUT2D eigenvalue weighted by Crippen LogP contribution is -2.30. The molecule has 0 bridgehead atoms. The molecule has 0 saturated carbocycles. The largest absolute Gasteiger partial charge is 0.481 e. The Morgan fingerprint density at radius 2 is 1.54 bits per heavy atom. The summed E-state index contributed by atoms with van der Waals surface area (Å²) in [6.45, 7) is 4.22. The molecule has 0 aromatic heterocycles. The molecule has 0 fully saturated rings. The minimum absolute atomic E-state index is 0.00763. The Kier molecular flexibility index (Phi) is 5.58. The first-order valence-corrected chi connectivity index (χ1v) is 7.84. The van der Waals surface area contributed by atoms with Crippen LogP contribution in [0.4, 0.5) is 0 Å². The maximum atomic E-state index is 12.1. The number of hydrogen-bond acceptors (Lipinski definition) is 3. The number of benzene rings is 2. The van der Waals surface area contributed by atoms with Gasteiger partial charge in [0.1, 0.15) is 5.75 Å². The van der Waals surface area contributed by atoms with Gasteiger partial charge >= 0.3 is 0 Å². The minimum Gasteiger partial charge on any atom is -0.481 e. The smallest absolute Gasteiger partial charge is 0.258 e. The molecule has 2 N–H and O–H groups in total. The van der Waals surface area contributed by atoms with Crippen LogP contribution in [0.5, 0.6) is 5.75 Å². The van der Waals surface area contributed by atoms with Crippen molar-refractivity contribution in [3.8, 4) is 16.9 Å². The van der Waals surface area contributed by atoms with Gasteiger partial charge in [0.15, 0.2) is 6.10 Å². The zero-order valence-corrected chi connectivity index (χ0v) is 14.2. The molecule has 0 heterocycles. The maximum Gasteiger partial charge on any atom is 0.258 e. The van der Waals surface area contributed by atoms with Gasteiger partial charge in [-0.25, -0.2) is 0 Å². The molecule has 0 spiro atoms. The highest BCUT2D eigenvalue weighted by Gasteiger charge is 2.11. The molecule has 2 aromatic carbocycles. The molecular weight excluding hydrogens is 304 g/mol. The Morgan fingerprint density at radius 3 is 2.00 bits per heavy atom. The van der Waals surface area contributed by atoms with Gasteiger partial charge in [0.25, 0.3) is 11.8 Å². The van der Waals surface area contributed by atoms with E-state index in [0.29, 0.717) is 17.9 Å². The predicted molar refractivity (Wildman–Crippen MR) is 93.8 cm³/mol. The number of hydrogen-bond donors (Lipinski definition) is 1. The fourth-order valence-corrected chi connectivity index (χ4v) is 2.16. The van der Waals surface area contributed by atoms with Gasteiger partial charge in [-0.05, 0) is 49.2 Å². The summed E-state index contributed by atoms with van der Waals surface area (Å²) in [5.41, 5.74) is 7.84. The minimum atomic E-state index is -0.670. The van der Waals surface area contributed by atoms with Gasteiger partial charge in [0.2, 0.25) is 0 Å². The molecule has 0 unspecified atom stereocenters. The number of carbonyl (C=O) groups excluding carboxylic acids is 2. The lowest BCUT2D eigenvalue weighted by molar-refractivity contribution is -0.123. The summed E-state index contributed by atoms with van der Waals surface area (Å²) in [7, 11) is 1.78. The molecule has 2 amide bonds. The van der Waals surface area contributed by atoms with Gasteiger partial charge < -0.3 is 15.4 Å². The van der Waals surface area contributed by atoms with E-state index in [2.05, 4.69) is 0 Å². The average Bonchev–Trinajstić information content (AvgIpc) is 2.61. The Balaban J connectivity index is 2.12. The summed E-state index contributed by atoms with van der Waals surface area (Å²) in [6.07, 6.45) is -0.670. The first-order chi connectivity index (χ1) is 11.4. The van der Waals surface area contributed by atoms with Crippen molar-refractivity contribution in [2.45, 2.75) is 20.0 Å². The highest BCUT2D eigenvalue weighted by atomic mass is 16.5. The van der Waals surface area contributed by atoms with Crippen molar-refractivity contribution in [3.05, 3.63) is 54.1 Å². The second kappa shape index (κ2) is 7.64. The first-order valence-electron chi connectivity index (χ1n) is 7.84. The van der Waals surface area contributed by atoms with E-state index in [-0.39, 0.29) is 5.91 Å². The van der Waals surface area contributed by atoms with Crippen LogP contribution in [0.15, 0.2) is 48.5 Å². The molecule has 126 valence electrons. The number of carbonyl (C=O) groups is 2. The first kappa shape index (κ1) is 17.5. The van der Waals surface area contributed by atoms with Crippen molar-refractivity contribution in [1.82, 2.24) is 4.90 Å². The van der Waals surface area contributed by atoms with Crippen LogP contribution in [0.2, 0.25) is 0 Å². The topological polar surface area (TPSA) is 72.6 Å². The highest BCUT2D eigenvalue weighted by Crippen LogP contribution is 2.23. The van der Waals surface area contributed by atoms with Crippen LogP contribution >= 0.6 is 0 Å². The second-order valence-electron chi connectivity index (χ2n) is 5.58. The Hall–Kier alpha value is -2.82. The molecule has 2 aromatic rings. The SMILES string of the molecule is CCN(C)C(=O)c1ccc(-c2ccc(O[C@H](C)C(N)=O)cc2)cc1. The normalized spacial score (nSPS) is 11.6. The zero-order valence-electron chi connectivity index (χ0n) is 14.2. The molecule has 0 aliphatic rings. The summed E-state index contributed by atoms with van der Waals surface area (Å²) < 4.78 is 5.43. The van der Waals surface area contributed by atoms with Crippen LogP contribution in [0, 0.1) is 0 Å². The van der Waals surface area contributed by atoms with E-state index in [9.17, 15) is 9.59 Å². The number of ether oxygens (including phenoxy) is 1. The van der Waals surface area contributed by atoms with E-state index in [1.807, 2.05) is 43.3 Å². The molecule has 24 heavy (non-hydrogen) atoms. The van der Waals surface area contributed by atoms with Crippen LogP contribution < -0.4 is 10.5 Å². The summed E-state index contributed by atoms with van der Waals surface area (Å²) in [5.74, 6) is 0.0889. The van der Waals surface area contributed by atoms with Crippen LogP contribution in [0.3, 0.4) is 0 Å². The average molecular weight is 326 g/mol. The van der Waals surface area contributed by atoms with Crippen molar-refractivity contribution >= 4 is 11.8 Å². The van der Waals surface area contributed by atoms with E-state index >= 15 is 0 Å². The number of amides is 2. The van der Waals surface area contributed by atoms with Crippen LogP contribution in [0.1, 0.15) is 24.2 Å². The van der Waals surface area contributed by atoms with E-state index < -0.39 is 12.0 Å². The number of nitrogens with two attached hydrogens (primary N) is 1. The zero-order chi connectivity index (χ0) is 17.7. The molecule has 5 nitrogen and oxygen atoms in total. The maximum absolute atomic E-state index is 12.1. The van der Waals surface area contributed by atoms with Crippen molar-refractivity contribution in [1.29, 1.82) is 0 Å². The second-order valence-corrected chi connectivity index (χ2v) is 5.58. The predicted octanol–water partition coefficient (Wildman–Crippen LogP) is 2.70. The molecule has 0 aliphatic carbocycles. The van der Waals surface area contributed by atoms with E-state index in [0.717, 1.165) is 11.1 Å². The third-order valence-corrected chi connectivity index (χ3v) is 3.85. The molecule has 0 saturated heterocycles. The van der Waals surface area contributed by atoms with Crippen LogP contribution in [-0.2, 0) is 4.79 Å².